The molecule has 1 aromatic rings. The fourth-order valence-electron chi connectivity index (χ4n) is 4.09. The maximum Gasteiger partial charge on any atom is 0.0594 e. The van der Waals surface area contributed by atoms with Gasteiger partial charge < -0.3 is 14.8 Å². The van der Waals surface area contributed by atoms with Gasteiger partial charge in [-0.2, -0.15) is 0 Å². The van der Waals surface area contributed by atoms with Crippen LogP contribution in [0.4, 0.5) is 0 Å². The predicted octanol–water partition coefficient (Wildman–Crippen LogP) is 2.91. The number of aryl methyl sites for hydroxylation is 1. The van der Waals surface area contributed by atoms with Crippen molar-refractivity contribution >= 4 is 0 Å². The Labute approximate surface area is 146 Å². The van der Waals surface area contributed by atoms with Gasteiger partial charge in [-0.15, -0.1) is 0 Å². The molecule has 134 valence electrons. The van der Waals surface area contributed by atoms with E-state index in [9.17, 15) is 0 Å². The van der Waals surface area contributed by atoms with Gasteiger partial charge in [-0.1, -0.05) is 24.3 Å². The zero-order chi connectivity index (χ0) is 16.9. The van der Waals surface area contributed by atoms with Crippen molar-refractivity contribution in [2.24, 2.45) is 0 Å². The van der Waals surface area contributed by atoms with Crippen molar-refractivity contribution in [3.8, 4) is 0 Å². The fraction of sp³-hybridized carbons (Fsp3) is 0.700. The molecule has 4 heteroatoms. The van der Waals surface area contributed by atoms with Crippen LogP contribution < -0.4 is 5.32 Å². The van der Waals surface area contributed by atoms with E-state index in [2.05, 4.69) is 55.3 Å². The lowest BCUT2D eigenvalue weighted by Gasteiger charge is -2.37. The van der Waals surface area contributed by atoms with Crippen LogP contribution in [-0.2, 0) is 9.47 Å². The number of ether oxygens (including phenoxy) is 2. The van der Waals surface area contributed by atoms with E-state index in [1.54, 1.807) is 0 Å². The van der Waals surface area contributed by atoms with Gasteiger partial charge in [0.2, 0.25) is 0 Å². The molecule has 2 saturated heterocycles. The van der Waals surface area contributed by atoms with Gasteiger partial charge in [0, 0.05) is 31.7 Å². The van der Waals surface area contributed by atoms with E-state index in [-0.39, 0.29) is 0 Å². The van der Waals surface area contributed by atoms with Gasteiger partial charge in [0.15, 0.2) is 0 Å². The lowest BCUT2D eigenvalue weighted by molar-refractivity contribution is -0.0447. The molecule has 4 nitrogen and oxygen atoms in total. The van der Waals surface area contributed by atoms with Crippen LogP contribution >= 0.6 is 0 Å². The van der Waals surface area contributed by atoms with Crippen molar-refractivity contribution in [1.82, 2.24) is 10.2 Å². The molecule has 0 spiro atoms. The second kappa shape index (κ2) is 8.43. The number of morpholine rings is 1. The minimum absolute atomic E-state index is 0.340. The molecule has 0 unspecified atom stereocenters. The zero-order valence-corrected chi connectivity index (χ0v) is 15.3. The summed E-state index contributed by atoms with van der Waals surface area (Å²) < 4.78 is 11.4. The summed E-state index contributed by atoms with van der Waals surface area (Å²) in [6.45, 7) is 11.4. The van der Waals surface area contributed by atoms with Gasteiger partial charge >= 0.3 is 0 Å². The molecular weight excluding hydrogens is 300 g/mol. The Morgan fingerprint density at radius 1 is 1.12 bits per heavy atom. The smallest absolute Gasteiger partial charge is 0.0594 e. The maximum atomic E-state index is 5.91. The average molecular weight is 332 g/mol. The third kappa shape index (κ3) is 4.79. The number of hydrogen-bond acceptors (Lipinski definition) is 4. The van der Waals surface area contributed by atoms with E-state index in [1.165, 1.54) is 11.1 Å². The Bertz CT molecular complexity index is 506. The monoisotopic (exact) mass is 332 g/mol. The van der Waals surface area contributed by atoms with Crippen molar-refractivity contribution in [2.45, 2.75) is 57.9 Å². The van der Waals surface area contributed by atoms with Gasteiger partial charge in [-0.3, -0.25) is 4.90 Å². The predicted molar refractivity (Wildman–Crippen MR) is 97.3 cm³/mol. The van der Waals surface area contributed by atoms with Gasteiger partial charge in [0.05, 0.1) is 25.4 Å². The highest BCUT2D eigenvalue weighted by Gasteiger charge is 2.28. The van der Waals surface area contributed by atoms with E-state index < -0.39 is 0 Å². The Hall–Kier alpha value is -0.940. The molecule has 24 heavy (non-hydrogen) atoms. The van der Waals surface area contributed by atoms with Crippen LogP contribution in [0.3, 0.4) is 0 Å². The highest BCUT2D eigenvalue weighted by Crippen LogP contribution is 2.25. The van der Waals surface area contributed by atoms with Gasteiger partial charge in [0.25, 0.3) is 0 Å². The van der Waals surface area contributed by atoms with Crippen LogP contribution in [-0.4, -0.2) is 56.0 Å². The summed E-state index contributed by atoms with van der Waals surface area (Å²) in [6, 6.07) is 9.67. The summed E-state index contributed by atoms with van der Waals surface area (Å²) in [4.78, 5) is 2.53. The van der Waals surface area contributed by atoms with E-state index >= 15 is 0 Å². The molecule has 0 aromatic heterocycles. The highest BCUT2D eigenvalue weighted by atomic mass is 16.5. The molecule has 0 aliphatic carbocycles. The molecule has 1 N–H and O–H groups in total. The summed E-state index contributed by atoms with van der Waals surface area (Å²) in [7, 11) is 0. The number of nitrogens with zero attached hydrogens (tertiary/aromatic N) is 1. The Morgan fingerprint density at radius 2 is 1.79 bits per heavy atom. The molecule has 0 bridgehead atoms. The Morgan fingerprint density at radius 3 is 2.46 bits per heavy atom. The van der Waals surface area contributed by atoms with Gasteiger partial charge in [0.1, 0.15) is 0 Å². The lowest BCUT2D eigenvalue weighted by Crippen LogP contribution is -2.47. The topological polar surface area (TPSA) is 33.7 Å². The Kier molecular flexibility index (Phi) is 6.28. The van der Waals surface area contributed by atoms with Crippen molar-refractivity contribution in [3.05, 3.63) is 35.4 Å². The van der Waals surface area contributed by atoms with Crippen LogP contribution in [0.15, 0.2) is 24.3 Å². The van der Waals surface area contributed by atoms with E-state index in [1.807, 2.05) is 0 Å². The van der Waals surface area contributed by atoms with E-state index in [4.69, 9.17) is 9.47 Å². The minimum atomic E-state index is 0.340. The van der Waals surface area contributed by atoms with E-state index in [0.29, 0.717) is 24.3 Å². The number of nitrogens with one attached hydrogen (secondary N) is 1. The van der Waals surface area contributed by atoms with Crippen molar-refractivity contribution < 1.29 is 9.47 Å². The second-order valence-corrected chi connectivity index (χ2v) is 7.41. The molecule has 3 rings (SSSR count). The van der Waals surface area contributed by atoms with E-state index in [0.717, 1.165) is 45.7 Å². The van der Waals surface area contributed by atoms with Crippen LogP contribution in [0.25, 0.3) is 0 Å². The quantitative estimate of drug-likeness (QED) is 0.899. The molecule has 0 saturated carbocycles. The second-order valence-electron chi connectivity index (χ2n) is 7.41. The summed E-state index contributed by atoms with van der Waals surface area (Å²) in [5.74, 6) is 0. The molecule has 2 heterocycles. The van der Waals surface area contributed by atoms with Crippen molar-refractivity contribution in [3.63, 3.8) is 0 Å². The SMILES string of the molecule is Cc1ccccc1[C@H](CN1CCOCC1)NC1C[C@H](C)O[C@@H](C)C1. The normalized spacial score (nSPS) is 30.2. The third-order valence-electron chi connectivity index (χ3n) is 5.24. The molecule has 3 atom stereocenters. The lowest BCUT2D eigenvalue weighted by atomic mass is 9.95. The van der Waals surface area contributed by atoms with Crippen LogP contribution in [0, 0.1) is 6.92 Å². The third-order valence-corrected chi connectivity index (χ3v) is 5.24. The molecule has 0 radical (unpaired) electrons. The minimum Gasteiger partial charge on any atom is -0.379 e. The summed E-state index contributed by atoms with van der Waals surface area (Å²) in [5, 5.41) is 3.96. The first-order valence-electron chi connectivity index (χ1n) is 9.39. The van der Waals surface area contributed by atoms with Crippen molar-refractivity contribution in [1.29, 1.82) is 0 Å². The molecule has 2 fully saturated rings. The number of benzene rings is 1. The number of hydrogen-bond donors (Lipinski definition) is 1. The zero-order valence-electron chi connectivity index (χ0n) is 15.3. The first-order chi connectivity index (χ1) is 11.6. The Balaban J connectivity index is 1.72. The molecule has 2 aliphatic heterocycles. The summed E-state index contributed by atoms with van der Waals surface area (Å²) >= 11 is 0. The molecule has 0 amide bonds. The van der Waals surface area contributed by atoms with Crippen LogP contribution in [0.2, 0.25) is 0 Å². The van der Waals surface area contributed by atoms with Gasteiger partial charge in [-0.25, -0.2) is 0 Å². The van der Waals surface area contributed by atoms with Crippen LogP contribution in [0.1, 0.15) is 43.9 Å². The first kappa shape index (κ1) is 17.9. The number of rotatable bonds is 5. The van der Waals surface area contributed by atoms with Crippen LogP contribution in [0.5, 0.6) is 0 Å². The largest absolute Gasteiger partial charge is 0.379 e. The average Bonchev–Trinajstić information content (AvgIpc) is 2.55. The van der Waals surface area contributed by atoms with Crippen molar-refractivity contribution in [2.75, 3.05) is 32.8 Å². The molecule has 2 aliphatic rings. The molecular formula is C20H32N2O2. The molecule has 1 aromatic carbocycles. The first-order valence-corrected chi connectivity index (χ1v) is 9.39. The standard InChI is InChI=1S/C20H32N2O2/c1-15-6-4-5-7-19(15)20(14-22-8-10-23-11-9-22)21-18-12-16(2)24-17(3)13-18/h4-7,16-18,20-21H,8-14H2,1-3H3/t16-,17-,20-/m0/s1. The highest BCUT2D eigenvalue weighted by molar-refractivity contribution is 5.29. The summed E-state index contributed by atoms with van der Waals surface area (Å²) in [6.07, 6.45) is 2.87. The maximum absolute atomic E-state index is 5.91. The summed E-state index contributed by atoms with van der Waals surface area (Å²) in [5.41, 5.74) is 2.80. The van der Waals surface area contributed by atoms with Gasteiger partial charge in [-0.05, 0) is 44.7 Å². The fourth-order valence-corrected chi connectivity index (χ4v) is 4.09.